The predicted octanol–water partition coefficient (Wildman–Crippen LogP) is 3.47. The topological polar surface area (TPSA) is 59.1 Å². The van der Waals surface area contributed by atoms with Crippen LogP contribution in [0, 0.1) is 12.8 Å². The van der Waals surface area contributed by atoms with Crippen molar-refractivity contribution in [2.24, 2.45) is 5.92 Å². The average molecular weight is 366 g/mol. The molecule has 2 amide bonds. The lowest BCUT2D eigenvalue weighted by Gasteiger charge is -2.28. The number of rotatable bonds is 3. The molecule has 6 nitrogen and oxygen atoms in total. The van der Waals surface area contributed by atoms with E-state index in [0.717, 1.165) is 16.8 Å². The van der Waals surface area contributed by atoms with Gasteiger partial charge in [-0.2, -0.15) is 0 Å². The van der Waals surface area contributed by atoms with Crippen LogP contribution < -0.4 is 5.06 Å². The number of benzene rings is 2. The predicted molar refractivity (Wildman–Crippen MR) is 99.9 cm³/mol. The molecule has 0 N–H and O–H groups in total. The van der Waals surface area contributed by atoms with Gasteiger partial charge in [0.1, 0.15) is 6.61 Å². The summed E-state index contributed by atoms with van der Waals surface area (Å²) in [7, 11) is 0. The second-order valence-corrected chi connectivity index (χ2v) is 6.96. The van der Waals surface area contributed by atoms with Crippen LogP contribution in [0.25, 0.3) is 0 Å². The standard InChI is InChI=1S/C21H22N2O4/c1-14-8-10-16(11-9-14)19-18(20(24)22-12-13-26-21(22)25)15(2)27-23(19)17-6-4-3-5-7-17/h3-11,15,18-19H,12-13H2,1-2H3/t15-,18-,19-/m1/s1. The Balaban J connectivity index is 1.75. The van der Waals surface area contributed by atoms with Crippen LogP contribution in [0.4, 0.5) is 10.5 Å². The molecule has 2 fully saturated rings. The number of hydroxylamine groups is 1. The minimum atomic E-state index is -0.576. The Kier molecular flexibility index (Phi) is 4.58. The highest BCUT2D eigenvalue weighted by Crippen LogP contribution is 2.43. The van der Waals surface area contributed by atoms with Gasteiger partial charge in [0.25, 0.3) is 0 Å². The first-order chi connectivity index (χ1) is 13.1. The highest BCUT2D eigenvalue weighted by Gasteiger charge is 2.49. The quantitative estimate of drug-likeness (QED) is 0.832. The van der Waals surface area contributed by atoms with Crippen LogP contribution in [0.3, 0.4) is 0 Å². The van der Waals surface area contributed by atoms with E-state index in [1.54, 1.807) is 5.06 Å². The first-order valence-corrected chi connectivity index (χ1v) is 9.12. The number of carbonyl (C=O) groups is 2. The summed E-state index contributed by atoms with van der Waals surface area (Å²) in [5.74, 6) is -0.771. The number of anilines is 1. The lowest BCUT2D eigenvalue weighted by atomic mass is 9.88. The van der Waals surface area contributed by atoms with E-state index in [9.17, 15) is 9.59 Å². The first kappa shape index (κ1) is 17.5. The van der Waals surface area contributed by atoms with Gasteiger partial charge >= 0.3 is 6.09 Å². The van der Waals surface area contributed by atoms with Gasteiger partial charge in [0.15, 0.2) is 0 Å². The Morgan fingerprint density at radius 3 is 2.41 bits per heavy atom. The smallest absolute Gasteiger partial charge is 0.416 e. The molecule has 4 rings (SSSR count). The van der Waals surface area contributed by atoms with Crippen molar-refractivity contribution in [3.8, 4) is 0 Å². The maximum Gasteiger partial charge on any atom is 0.416 e. The molecule has 6 heteroatoms. The number of aryl methyl sites for hydroxylation is 1. The third-order valence-electron chi connectivity index (χ3n) is 5.12. The van der Waals surface area contributed by atoms with Gasteiger partial charge in [-0.15, -0.1) is 0 Å². The zero-order valence-electron chi connectivity index (χ0n) is 15.4. The van der Waals surface area contributed by atoms with E-state index in [4.69, 9.17) is 9.57 Å². The van der Waals surface area contributed by atoms with Crippen molar-refractivity contribution >= 4 is 17.7 Å². The molecule has 2 aromatic carbocycles. The fourth-order valence-electron chi connectivity index (χ4n) is 3.72. The van der Waals surface area contributed by atoms with Crippen LogP contribution >= 0.6 is 0 Å². The van der Waals surface area contributed by atoms with Gasteiger partial charge < -0.3 is 4.74 Å². The largest absolute Gasteiger partial charge is 0.447 e. The van der Waals surface area contributed by atoms with Crippen molar-refractivity contribution < 1.29 is 19.2 Å². The van der Waals surface area contributed by atoms with E-state index >= 15 is 0 Å². The monoisotopic (exact) mass is 366 g/mol. The van der Waals surface area contributed by atoms with Crippen LogP contribution in [0.2, 0.25) is 0 Å². The number of ether oxygens (including phenoxy) is 1. The lowest BCUT2D eigenvalue weighted by Crippen LogP contribution is -2.41. The van der Waals surface area contributed by atoms with E-state index in [2.05, 4.69) is 0 Å². The molecule has 0 aromatic heterocycles. The molecule has 0 spiro atoms. The summed E-state index contributed by atoms with van der Waals surface area (Å²) < 4.78 is 4.96. The van der Waals surface area contributed by atoms with Gasteiger partial charge in [-0.25, -0.2) is 14.8 Å². The summed E-state index contributed by atoms with van der Waals surface area (Å²) in [4.78, 5) is 32.5. The molecule has 0 unspecified atom stereocenters. The van der Waals surface area contributed by atoms with E-state index in [1.165, 1.54) is 4.90 Å². The molecule has 140 valence electrons. The summed E-state index contributed by atoms with van der Waals surface area (Å²) in [5, 5.41) is 1.79. The molecule has 0 radical (unpaired) electrons. The highest BCUT2D eigenvalue weighted by molar-refractivity contribution is 5.95. The zero-order chi connectivity index (χ0) is 19.0. The van der Waals surface area contributed by atoms with Crippen LogP contribution in [0.15, 0.2) is 54.6 Å². The Bertz CT molecular complexity index is 837. The van der Waals surface area contributed by atoms with E-state index in [0.29, 0.717) is 0 Å². The Labute approximate surface area is 158 Å². The molecule has 2 heterocycles. The van der Waals surface area contributed by atoms with Crippen molar-refractivity contribution in [1.82, 2.24) is 4.90 Å². The fraction of sp³-hybridized carbons (Fsp3) is 0.333. The van der Waals surface area contributed by atoms with Crippen molar-refractivity contribution in [3.63, 3.8) is 0 Å². The summed E-state index contributed by atoms with van der Waals surface area (Å²) in [6.07, 6.45) is -0.953. The van der Waals surface area contributed by atoms with E-state index in [-0.39, 0.29) is 31.2 Å². The van der Waals surface area contributed by atoms with Gasteiger partial charge in [0.2, 0.25) is 5.91 Å². The summed E-state index contributed by atoms with van der Waals surface area (Å²) in [6.45, 7) is 4.42. The molecular formula is C21H22N2O4. The third kappa shape index (κ3) is 3.17. The SMILES string of the molecule is Cc1ccc([C@@H]2[C@H](C(=O)N3CCOC3=O)[C@@H](C)ON2c2ccccc2)cc1. The zero-order valence-corrected chi connectivity index (χ0v) is 15.4. The van der Waals surface area contributed by atoms with Crippen molar-refractivity contribution in [2.45, 2.75) is 26.0 Å². The lowest BCUT2D eigenvalue weighted by molar-refractivity contribution is -0.133. The third-order valence-corrected chi connectivity index (χ3v) is 5.12. The maximum absolute atomic E-state index is 13.2. The van der Waals surface area contributed by atoms with Gasteiger partial charge in [0, 0.05) is 0 Å². The number of hydrogen-bond donors (Lipinski definition) is 0. The van der Waals surface area contributed by atoms with Crippen LogP contribution in [-0.2, 0) is 14.4 Å². The Morgan fingerprint density at radius 1 is 1.07 bits per heavy atom. The molecule has 0 bridgehead atoms. The number of hydrogen-bond acceptors (Lipinski definition) is 5. The number of carbonyl (C=O) groups excluding carboxylic acids is 2. The van der Waals surface area contributed by atoms with Crippen molar-refractivity contribution in [3.05, 3.63) is 65.7 Å². The van der Waals surface area contributed by atoms with Crippen LogP contribution in [0.5, 0.6) is 0 Å². The first-order valence-electron chi connectivity index (χ1n) is 9.12. The minimum absolute atomic E-state index is 0.240. The van der Waals surface area contributed by atoms with Gasteiger partial charge in [-0.1, -0.05) is 48.0 Å². The molecule has 0 aliphatic carbocycles. The molecule has 27 heavy (non-hydrogen) atoms. The number of imide groups is 1. The highest BCUT2D eigenvalue weighted by atomic mass is 16.7. The van der Waals surface area contributed by atoms with Crippen molar-refractivity contribution in [2.75, 3.05) is 18.2 Å². The van der Waals surface area contributed by atoms with E-state index in [1.807, 2.05) is 68.4 Å². The normalized spacial score (nSPS) is 25.0. The number of amides is 2. The molecular weight excluding hydrogens is 344 g/mol. The maximum atomic E-state index is 13.2. The van der Waals surface area contributed by atoms with Gasteiger partial charge in [-0.3, -0.25) is 9.63 Å². The average Bonchev–Trinajstić information content (AvgIpc) is 3.26. The molecule has 3 atom stereocenters. The van der Waals surface area contributed by atoms with Crippen molar-refractivity contribution in [1.29, 1.82) is 0 Å². The Morgan fingerprint density at radius 2 is 1.78 bits per heavy atom. The molecule has 2 saturated heterocycles. The van der Waals surface area contributed by atoms with Crippen LogP contribution in [-0.4, -0.2) is 36.2 Å². The van der Waals surface area contributed by atoms with Gasteiger partial charge in [-0.05, 0) is 31.5 Å². The molecule has 2 aliphatic heterocycles. The Hall–Kier alpha value is -2.86. The number of nitrogens with zero attached hydrogens (tertiary/aromatic N) is 2. The summed E-state index contributed by atoms with van der Waals surface area (Å²) in [5.41, 5.74) is 2.98. The van der Waals surface area contributed by atoms with Crippen LogP contribution in [0.1, 0.15) is 24.1 Å². The van der Waals surface area contributed by atoms with E-state index < -0.39 is 12.0 Å². The summed E-state index contributed by atoms with van der Waals surface area (Å²) >= 11 is 0. The molecule has 2 aromatic rings. The number of para-hydroxylation sites is 1. The second-order valence-electron chi connectivity index (χ2n) is 6.96. The minimum Gasteiger partial charge on any atom is -0.447 e. The molecule has 2 aliphatic rings. The number of cyclic esters (lactones) is 1. The second kappa shape index (κ2) is 7.04. The fourth-order valence-corrected chi connectivity index (χ4v) is 3.72. The van der Waals surface area contributed by atoms with Gasteiger partial charge in [0.05, 0.1) is 30.3 Å². The summed E-state index contributed by atoms with van der Waals surface area (Å²) in [6, 6.07) is 17.4. The molecule has 0 saturated carbocycles.